The summed E-state index contributed by atoms with van der Waals surface area (Å²) in [6.45, 7) is 1.10. The zero-order valence-electron chi connectivity index (χ0n) is 13.2. The number of carbonyl (C=O) groups is 1. The highest BCUT2D eigenvalue weighted by molar-refractivity contribution is 5.94. The summed E-state index contributed by atoms with van der Waals surface area (Å²) >= 11 is 0. The maximum atomic E-state index is 12.5. The highest BCUT2D eigenvalue weighted by Gasteiger charge is 2.28. The number of rotatable bonds is 4. The van der Waals surface area contributed by atoms with Crippen LogP contribution in [0.2, 0.25) is 0 Å². The summed E-state index contributed by atoms with van der Waals surface area (Å²) in [5, 5.41) is 8.81. The fraction of sp³-hybridized carbons (Fsp3) is 0.294. The zero-order valence-corrected chi connectivity index (χ0v) is 13.2. The summed E-state index contributed by atoms with van der Waals surface area (Å²) in [7, 11) is 1.52. The van der Waals surface area contributed by atoms with Crippen molar-refractivity contribution in [3.05, 3.63) is 47.8 Å². The van der Waals surface area contributed by atoms with Gasteiger partial charge in [-0.05, 0) is 24.3 Å². The van der Waals surface area contributed by atoms with Crippen LogP contribution in [0.5, 0.6) is 11.8 Å². The van der Waals surface area contributed by atoms with Crippen molar-refractivity contribution in [3.63, 3.8) is 0 Å². The first-order chi connectivity index (χ1) is 11.7. The average Bonchev–Trinajstić information content (AvgIpc) is 3.09. The number of carbonyl (C=O) groups excluding carboxylic acids is 1. The number of methoxy groups -OCH3 is 1. The molecule has 7 heteroatoms. The number of hydrogen-bond acceptors (Lipinski definition) is 6. The molecule has 0 N–H and O–H groups in total. The Morgan fingerprint density at radius 2 is 2.04 bits per heavy atom. The van der Waals surface area contributed by atoms with Crippen LogP contribution < -0.4 is 9.47 Å². The van der Waals surface area contributed by atoms with Crippen LogP contribution in [-0.4, -0.2) is 47.1 Å². The third-order valence-electron chi connectivity index (χ3n) is 3.78. The van der Waals surface area contributed by atoms with Gasteiger partial charge >= 0.3 is 0 Å². The van der Waals surface area contributed by atoms with Gasteiger partial charge in [-0.25, -0.2) is 0 Å². The molecule has 7 nitrogen and oxygen atoms in total. The Hall–Kier alpha value is -3.14. The molecule has 1 unspecified atom stereocenters. The second-order valence-electron chi connectivity index (χ2n) is 5.37. The highest BCUT2D eigenvalue weighted by atomic mass is 16.5. The molecule has 1 atom stereocenters. The number of likely N-dealkylation sites (tertiary alicyclic amines) is 1. The van der Waals surface area contributed by atoms with Crippen LogP contribution in [0.3, 0.4) is 0 Å². The van der Waals surface area contributed by atoms with Gasteiger partial charge in [0, 0.05) is 18.5 Å². The molecule has 0 aliphatic carbocycles. The zero-order chi connectivity index (χ0) is 16.9. The van der Waals surface area contributed by atoms with Crippen molar-refractivity contribution >= 4 is 5.91 Å². The summed E-state index contributed by atoms with van der Waals surface area (Å²) in [4.78, 5) is 22.4. The van der Waals surface area contributed by atoms with Gasteiger partial charge in [0.15, 0.2) is 0 Å². The molecule has 1 aromatic heterocycles. The molecule has 1 aliphatic heterocycles. The van der Waals surface area contributed by atoms with E-state index in [1.807, 2.05) is 6.07 Å². The van der Waals surface area contributed by atoms with E-state index in [0.717, 1.165) is 6.42 Å². The van der Waals surface area contributed by atoms with E-state index in [9.17, 15) is 4.79 Å². The minimum absolute atomic E-state index is 0.0673. The van der Waals surface area contributed by atoms with Crippen LogP contribution in [0, 0.1) is 11.3 Å². The van der Waals surface area contributed by atoms with Gasteiger partial charge in [0.25, 0.3) is 5.91 Å². The van der Waals surface area contributed by atoms with Crippen molar-refractivity contribution in [2.45, 2.75) is 12.5 Å². The van der Waals surface area contributed by atoms with E-state index in [1.54, 1.807) is 29.2 Å². The van der Waals surface area contributed by atoms with Gasteiger partial charge in [-0.15, -0.1) is 0 Å². The molecule has 3 rings (SSSR count). The molecule has 1 aromatic carbocycles. The van der Waals surface area contributed by atoms with Crippen LogP contribution in [0.15, 0.2) is 36.7 Å². The van der Waals surface area contributed by atoms with Crippen LogP contribution in [0.25, 0.3) is 0 Å². The molecule has 0 saturated carbocycles. The Balaban J connectivity index is 1.62. The summed E-state index contributed by atoms with van der Waals surface area (Å²) < 4.78 is 10.8. The Morgan fingerprint density at radius 3 is 2.75 bits per heavy atom. The SMILES string of the molecule is COc1cncc(OC2CCN(C(=O)c3ccc(C#N)cc3)C2)n1. The average molecular weight is 324 g/mol. The van der Waals surface area contributed by atoms with Crippen molar-refractivity contribution < 1.29 is 14.3 Å². The number of nitrogens with zero attached hydrogens (tertiary/aromatic N) is 4. The van der Waals surface area contributed by atoms with E-state index >= 15 is 0 Å². The van der Waals surface area contributed by atoms with Gasteiger partial charge in [0.05, 0.1) is 37.7 Å². The summed E-state index contributed by atoms with van der Waals surface area (Å²) in [5.74, 6) is 0.699. The number of amides is 1. The predicted octanol–water partition coefficient (Wildman–Crippen LogP) is 1.65. The molecular weight excluding hydrogens is 308 g/mol. The molecule has 0 bridgehead atoms. The molecular formula is C17H16N4O3. The van der Waals surface area contributed by atoms with E-state index in [4.69, 9.17) is 14.7 Å². The summed E-state index contributed by atoms with van der Waals surface area (Å²) in [6, 6.07) is 8.66. The number of ether oxygens (including phenoxy) is 2. The van der Waals surface area contributed by atoms with Gasteiger partial charge in [-0.2, -0.15) is 10.2 Å². The number of aromatic nitrogens is 2. The smallest absolute Gasteiger partial charge is 0.253 e. The van der Waals surface area contributed by atoms with Crippen molar-refractivity contribution in [2.75, 3.05) is 20.2 Å². The van der Waals surface area contributed by atoms with Gasteiger partial charge in [-0.3, -0.25) is 9.78 Å². The van der Waals surface area contributed by atoms with Crippen LogP contribution in [-0.2, 0) is 0 Å². The Labute approximate surface area is 139 Å². The van der Waals surface area contributed by atoms with E-state index in [0.29, 0.717) is 36.0 Å². The predicted molar refractivity (Wildman–Crippen MR) is 84.7 cm³/mol. The van der Waals surface area contributed by atoms with Gasteiger partial charge in [0.1, 0.15) is 6.10 Å². The first kappa shape index (κ1) is 15.7. The molecule has 122 valence electrons. The maximum absolute atomic E-state index is 12.5. The lowest BCUT2D eigenvalue weighted by molar-refractivity contribution is 0.0771. The number of hydrogen-bond donors (Lipinski definition) is 0. The lowest BCUT2D eigenvalue weighted by Gasteiger charge is -2.17. The summed E-state index contributed by atoms with van der Waals surface area (Å²) in [5.41, 5.74) is 1.10. The first-order valence-corrected chi connectivity index (χ1v) is 7.51. The van der Waals surface area contributed by atoms with Gasteiger partial charge < -0.3 is 14.4 Å². The first-order valence-electron chi connectivity index (χ1n) is 7.51. The minimum Gasteiger partial charge on any atom is -0.480 e. The van der Waals surface area contributed by atoms with Crippen LogP contribution in [0.1, 0.15) is 22.3 Å². The molecule has 1 fully saturated rings. The van der Waals surface area contributed by atoms with E-state index in [1.165, 1.54) is 19.5 Å². The lowest BCUT2D eigenvalue weighted by atomic mass is 10.1. The van der Waals surface area contributed by atoms with E-state index in [2.05, 4.69) is 9.97 Å². The second-order valence-corrected chi connectivity index (χ2v) is 5.37. The molecule has 24 heavy (non-hydrogen) atoms. The van der Waals surface area contributed by atoms with E-state index in [-0.39, 0.29) is 12.0 Å². The molecule has 1 aliphatic rings. The van der Waals surface area contributed by atoms with Crippen LogP contribution in [0.4, 0.5) is 0 Å². The Bertz CT molecular complexity index is 770. The standard InChI is InChI=1S/C17H16N4O3/c1-23-15-9-19-10-16(20-15)24-14-6-7-21(11-14)17(22)13-4-2-12(8-18)3-5-13/h2-5,9-10,14H,6-7,11H2,1H3. The monoisotopic (exact) mass is 324 g/mol. The molecule has 1 amide bonds. The lowest BCUT2D eigenvalue weighted by Crippen LogP contribution is -2.31. The molecule has 0 spiro atoms. The molecule has 1 saturated heterocycles. The van der Waals surface area contributed by atoms with Crippen molar-refractivity contribution in [2.24, 2.45) is 0 Å². The fourth-order valence-electron chi connectivity index (χ4n) is 2.54. The molecule has 2 heterocycles. The molecule has 2 aromatic rings. The second kappa shape index (κ2) is 6.96. The minimum atomic E-state index is -0.131. The Kier molecular flexibility index (Phi) is 4.57. The normalized spacial score (nSPS) is 16.5. The van der Waals surface area contributed by atoms with Crippen molar-refractivity contribution in [1.82, 2.24) is 14.9 Å². The maximum Gasteiger partial charge on any atom is 0.253 e. The largest absolute Gasteiger partial charge is 0.480 e. The topological polar surface area (TPSA) is 88.3 Å². The quantitative estimate of drug-likeness (QED) is 0.849. The molecule has 0 radical (unpaired) electrons. The van der Waals surface area contributed by atoms with E-state index < -0.39 is 0 Å². The van der Waals surface area contributed by atoms with Gasteiger partial charge in [0.2, 0.25) is 11.8 Å². The third-order valence-corrected chi connectivity index (χ3v) is 3.78. The Morgan fingerprint density at radius 1 is 1.29 bits per heavy atom. The van der Waals surface area contributed by atoms with Crippen molar-refractivity contribution in [1.29, 1.82) is 5.26 Å². The number of benzene rings is 1. The van der Waals surface area contributed by atoms with Crippen LogP contribution >= 0.6 is 0 Å². The highest BCUT2D eigenvalue weighted by Crippen LogP contribution is 2.19. The fourth-order valence-corrected chi connectivity index (χ4v) is 2.54. The van der Waals surface area contributed by atoms with Gasteiger partial charge in [-0.1, -0.05) is 0 Å². The van der Waals surface area contributed by atoms with Crippen molar-refractivity contribution in [3.8, 4) is 17.8 Å². The summed E-state index contributed by atoms with van der Waals surface area (Å²) in [6.07, 6.45) is 3.62. The third kappa shape index (κ3) is 3.43. The number of nitriles is 1.